The summed E-state index contributed by atoms with van der Waals surface area (Å²) in [4.78, 5) is 6.34. The number of pyridine rings is 1. The molecule has 0 bridgehead atoms. The molecule has 0 aliphatic rings. The zero-order valence-electron chi connectivity index (χ0n) is 10.0. The summed E-state index contributed by atoms with van der Waals surface area (Å²) in [5.74, 6) is 0.0217. The molecule has 88 valence electrons. The fraction of sp³-hybridized carbons (Fsp3) is 0.500. The molecule has 0 spiro atoms. The van der Waals surface area contributed by atoms with Gasteiger partial charge in [0.2, 0.25) is 0 Å². The van der Waals surface area contributed by atoms with Gasteiger partial charge in [0.25, 0.3) is 0 Å². The molecule has 1 rings (SSSR count). The Hall–Kier alpha value is -1.58. The average Bonchev–Trinajstić information content (AvgIpc) is 2.30. The molecule has 0 saturated heterocycles. The van der Waals surface area contributed by atoms with Crippen molar-refractivity contribution in [3.63, 3.8) is 0 Å². The van der Waals surface area contributed by atoms with Crippen molar-refractivity contribution < 1.29 is 0 Å². The Bertz CT molecular complexity index is 349. The number of nitrogens with zero attached hydrogens (tertiary/aromatic N) is 2. The maximum Gasteiger partial charge on any atom is 0.141 e. The summed E-state index contributed by atoms with van der Waals surface area (Å²) in [7, 11) is 0. The van der Waals surface area contributed by atoms with E-state index in [0.717, 1.165) is 18.8 Å². The SMILES string of the molecule is CCCCN(CC)c1ccnc(C(=N)N)c1. The van der Waals surface area contributed by atoms with Gasteiger partial charge in [0.05, 0.1) is 0 Å². The molecule has 0 unspecified atom stereocenters. The third-order valence-electron chi connectivity index (χ3n) is 2.55. The normalized spacial score (nSPS) is 10.1. The first-order valence-electron chi connectivity index (χ1n) is 5.74. The van der Waals surface area contributed by atoms with E-state index in [0.29, 0.717) is 5.69 Å². The first kappa shape index (κ1) is 12.5. The minimum absolute atomic E-state index is 0.0217. The van der Waals surface area contributed by atoms with E-state index in [1.54, 1.807) is 6.20 Å². The van der Waals surface area contributed by atoms with Gasteiger partial charge in [-0.05, 0) is 25.5 Å². The molecular formula is C12H20N4. The fourth-order valence-electron chi connectivity index (χ4n) is 1.58. The van der Waals surface area contributed by atoms with Crippen LogP contribution in [0.3, 0.4) is 0 Å². The van der Waals surface area contributed by atoms with Crippen molar-refractivity contribution >= 4 is 11.5 Å². The highest BCUT2D eigenvalue weighted by Crippen LogP contribution is 2.14. The Balaban J connectivity index is 2.83. The molecule has 0 aliphatic carbocycles. The highest BCUT2D eigenvalue weighted by atomic mass is 15.1. The van der Waals surface area contributed by atoms with E-state index in [1.165, 1.54) is 12.8 Å². The molecule has 0 amide bonds. The predicted molar refractivity (Wildman–Crippen MR) is 68.0 cm³/mol. The van der Waals surface area contributed by atoms with Gasteiger partial charge < -0.3 is 10.6 Å². The molecule has 4 heteroatoms. The second-order valence-electron chi connectivity index (χ2n) is 3.75. The number of hydrogen-bond donors (Lipinski definition) is 2. The lowest BCUT2D eigenvalue weighted by molar-refractivity contribution is 0.731. The minimum Gasteiger partial charge on any atom is -0.382 e. The monoisotopic (exact) mass is 220 g/mol. The Morgan fingerprint density at radius 3 is 2.81 bits per heavy atom. The van der Waals surface area contributed by atoms with Crippen molar-refractivity contribution in [3.05, 3.63) is 24.0 Å². The van der Waals surface area contributed by atoms with E-state index in [2.05, 4.69) is 23.7 Å². The first-order chi connectivity index (χ1) is 7.69. The van der Waals surface area contributed by atoms with Gasteiger partial charge in [-0.15, -0.1) is 0 Å². The van der Waals surface area contributed by atoms with Crippen molar-refractivity contribution in [1.82, 2.24) is 4.98 Å². The molecule has 4 nitrogen and oxygen atoms in total. The average molecular weight is 220 g/mol. The van der Waals surface area contributed by atoms with E-state index in [9.17, 15) is 0 Å². The van der Waals surface area contributed by atoms with Crippen LogP contribution >= 0.6 is 0 Å². The van der Waals surface area contributed by atoms with Crippen LogP contribution in [-0.2, 0) is 0 Å². The van der Waals surface area contributed by atoms with Gasteiger partial charge in [0, 0.05) is 25.0 Å². The number of unbranched alkanes of at least 4 members (excludes halogenated alkanes) is 1. The van der Waals surface area contributed by atoms with Crippen LogP contribution in [0.25, 0.3) is 0 Å². The van der Waals surface area contributed by atoms with Crippen molar-refractivity contribution in [3.8, 4) is 0 Å². The Kier molecular flexibility index (Phi) is 4.76. The number of rotatable bonds is 6. The molecular weight excluding hydrogens is 200 g/mol. The lowest BCUT2D eigenvalue weighted by Gasteiger charge is -2.23. The van der Waals surface area contributed by atoms with Gasteiger partial charge in [-0.25, -0.2) is 0 Å². The standard InChI is InChI=1S/C12H20N4/c1-3-5-8-16(4-2)10-6-7-15-11(9-10)12(13)14/h6-7,9H,3-5,8H2,1-2H3,(H3,13,14). The highest BCUT2D eigenvalue weighted by Gasteiger charge is 2.06. The Labute approximate surface area is 97.0 Å². The van der Waals surface area contributed by atoms with Gasteiger partial charge in [-0.1, -0.05) is 13.3 Å². The van der Waals surface area contributed by atoms with Crippen molar-refractivity contribution in [2.75, 3.05) is 18.0 Å². The van der Waals surface area contributed by atoms with Crippen LogP contribution in [0.15, 0.2) is 18.3 Å². The van der Waals surface area contributed by atoms with Crippen molar-refractivity contribution in [2.24, 2.45) is 5.73 Å². The number of hydrogen-bond acceptors (Lipinski definition) is 3. The zero-order chi connectivity index (χ0) is 12.0. The maximum absolute atomic E-state index is 7.36. The Morgan fingerprint density at radius 1 is 1.50 bits per heavy atom. The van der Waals surface area contributed by atoms with Gasteiger partial charge in [0.1, 0.15) is 11.5 Å². The largest absolute Gasteiger partial charge is 0.382 e. The summed E-state index contributed by atoms with van der Waals surface area (Å²) in [6.45, 7) is 6.31. The van der Waals surface area contributed by atoms with Crippen LogP contribution in [0, 0.1) is 5.41 Å². The summed E-state index contributed by atoms with van der Waals surface area (Å²) < 4.78 is 0. The number of aromatic nitrogens is 1. The number of nitrogen functional groups attached to an aromatic ring is 1. The molecule has 0 saturated carbocycles. The van der Waals surface area contributed by atoms with Crippen LogP contribution in [0.2, 0.25) is 0 Å². The molecule has 1 heterocycles. The van der Waals surface area contributed by atoms with E-state index in [1.807, 2.05) is 12.1 Å². The molecule has 1 aromatic rings. The second kappa shape index (κ2) is 6.10. The van der Waals surface area contributed by atoms with E-state index >= 15 is 0 Å². The number of nitrogens with one attached hydrogen (secondary N) is 1. The van der Waals surface area contributed by atoms with Gasteiger partial charge >= 0.3 is 0 Å². The molecule has 0 aliphatic heterocycles. The first-order valence-corrected chi connectivity index (χ1v) is 5.74. The van der Waals surface area contributed by atoms with Gasteiger partial charge in [-0.2, -0.15) is 0 Å². The molecule has 3 N–H and O–H groups in total. The third kappa shape index (κ3) is 3.22. The summed E-state index contributed by atoms with van der Waals surface area (Å²) in [6, 6.07) is 3.84. The van der Waals surface area contributed by atoms with Crippen LogP contribution in [-0.4, -0.2) is 23.9 Å². The maximum atomic E-state index is 7.36. The van der Waals surface area contributed by atoms with Crippen LogP contribution < -0.4 is 10.6 Å². The molecule has 0 aromatic carbocycles. The van der Waals surface area contributed by atoms with E-state index in [-0.39, 0.29) is 5.84 Å². The fourth-order valence-corrected chi connectivity index (χ4v) is 1.58. The zero-order valence-corrected chi connectivity index (χ0v) is 10.0. The molecule has 16 heavy (non-hydrogen) atoms. The lowest BCUT2D eigenvalue weighted by atomic mass is 10.2. The smallest absolute Gasteiger partial charge is 0.141 e. The van der Waals surface area contributed by atoms with Gasteiger partial charge in [0.15, 0.2) is 0 Å². The summed E-state index contributed by atoms with van der Waals surface area (Å²) >= 11 is 0. The topological polar surface area (TPSA) is 66.0 Å². The lowest BCUT2D eigenvalue weighted by Crippen LogP contribution is -2.24. The summed E-state index contributed by atoms with van der Waals surface area (Å²) in [5.41, 5.74) is 7.07. The summed E-state index contributed by atoms with van der Waals surface area (Å²) in [6.07, 6.45) is 4.06. The van der Waals surface area contributed by atoms with Gasteiger partial charge in [-0.3, -0.25) is 10.4 Å². The van der Waals surface area contributed by atoms with Crippen LogP contribution in [0.1, 0.15) is 32.4 Å². The predicted octanol–water partition coefficient (Wildman–Crippen LogP) is 1.99. The third-order valence-corrected chi connectivity index (χ3v) is 2.55. The number of anilines is 1. The van der Waals surface area contributed by atoms with Crippen molar-refractivity contribution in [1.29, 1.82) is 5.41 Å². The Morgan fingerprint density at radius 2 is 2.25 bits per heavy atom. The quantitative estimate of drug-likeness (QED) is 0.569. The molecule has 0 atom stereocenters. The van der Waals surface area contributed by atoms with Crippen LogP contribution in [0.5, 0.6) is 0 Å². The van der Waals surface area contributed by atoms with Crippen molar-refractivity contribution in [2.45, 2.75) is 26.7 Å². The minimum atomic E-state index is 0.0217. The van der Waals surface area contributed by atoms with E-state index in [4.69, 9.17) is 11.1 Å². The molecule has 0 radical (unpaired) electrons. The van der Waals surface area contributed by atoms with Crippen LogP contribution in [0.4, 0.5) is 5.69 Å². The molecule has 0 fully saturated rings. The molecule has 1 aromatic heterocycles. The number of amidine groups is 1. The highest BCUT2D eigenvalue weighted by molar-refractivity contribution is 5.93. The van der Waals surface area contributed by atoms with E-state index < -0.39 is 0 Å². The summed E-state index contributed by atoms with van der Waals surface area (Å²) in [5, 5.41) is 7.36. The second-order valence-corrected chi connectivity index (χ2v) is 3.75. The number of nitrogens with two attached hydrogens (primary N) is 1.